The summed E-state index contributed by atoms with van der Waals surface area (Å²) in [6, 6.07) is 7.21. The molecular formula is C16H23N5O2. The third-order valence-corrected chi connectivity index (χ3v) is 3.42. The molecule has 0 radical (unpaired) electrons. The van der Waals surface area contributed by atoms with E-state index in [2.05, 4.69) is 20.4 Å². The Hall–Kier alpha value is -2.41. The molecule has 0 bridgehead atoms. The Morgan fingerprint density at radius 3 is 2.70 bits per heavy atom. The Bertz CT molecular complexity index is 613. The first-order valence-corrected chi connectivity index (χ1v) is 7.59. The van der Waals surface area contributed by atoms with Crippen LogP contribution >= 0.6 is 0 Å². The average molecular weight is 317 g/mol. The highest BCUT2D eigenvalue weighted by atomic mass is 16.4. The van der Waals surface area contributed by atoms with E-state index in [-0.39, 0.29) is 6.03 Å². The third-order valence-electron chi connectivity index (χ3n) is 3.42. The molecule has 0 saturated heterocycles. The zero-order chi connectivity index (χ0) is 16.7. The van der Waals surface area contributed by atoms with Crippen molar-refractivity contribution in [3.05, 3.63) is 30.7 Å². The summed E-state index contributed by atoms with van der Waals surface area (Å²) in [5, 5.41) is 10.4. The molecular weight excluding hydrogens is 294 g/mol. The molecule has 2 amide bonds. The molecule has 0 aliphatic carbocycles. The van der Waals surface area contributed by atoms with Gasteiger partial charge in [-0.15, -0.1) is 10.2 Å². The third kappa shape index (κ3) is 5.37. The highest BCUT2D eigenvalue weighted by Gasteiger charge is 2.10. The predicted octanol–water partition coefficient (Wildman–Crippen LogP) is 2.54. The van der Waals surface area contributed by atoms with Gasteiger partial charge in [0.25, 0.3) is 0 Å². The zero-order valence-corrected chi connectivity index (χ0v) is 13.8. The van der Waals surface area contributed by atoms with Crippen LogP contribution in [0.15, 0.2) is 35.1 Å². The molecule has 0 atom stereocenters. The Morgan fingerprint density at radius 1 is 1.22 bits per heavy atom. The van der Waals surface area contributed by atoms with E-state index in [0.29, 0.717) is 11.6 Å². The smallest absolute Gasteiger partial charge is 0.321 e. The number of hydrogen-bond donors (Lipinski definition) is 1. The van der Waals surface area contributed by atoms with Gasteiger partial charge >= 0.3 is 6.03 Å². The minimum absolute atomic E-state index is 0.127. The Balaban J connectivity index is 1.86. The minimum Gasteiger partial charge on any atom is -0.423 e. The van der Waals surface area contributed by atoms with Crippen molar-refractivity contribution in [3.63, 3.8) is 0 Å². The van der Waals surface area contributed by atoms with Gasteiger partial charge in [0.15, 0.2) is 0 Å². The van der Waals surface area contributed by atoms with E-state index < -0.39 is 0 Å². The van der Waals surface area contributed by atoms with Gasteiger partial charge in [-0.1, -0.05) is 6.07 Å². The molecule has 0 saturated carbocycles. The topological polar surface area (TPSA) is 74.5 Å². The Labute approximate surface area is 136 Å². The van der Waals surface area contributed by atoms with Gasteiger partial charge in [0.05, 0.1) is 0 Å². The minimum atomic E-state index is -0.127. The molecule has 0 unspecified atom stereocenters. The lowest BCUT2D eigenvalue weighted by molar-refractivity contribution is 0.221. The molecule has 0 aliphatic rings. The number of benzene rings is 1. The van der Waals surface area contributed by atoms with Gasteiger partial charge in [-0.3, -0.25) is 0 Å². The molecule has 124 valence electrons. The lowest BCUT2D eigenvalue weighted by Gasteiger charge is -2.18. The van der Waals surface area contributed by atoms with Crippen molar-refractivity contribution in [2.24, 2.45) is 0 Å². The lowest BCUT2D eigenvalue weighted by Crippen LogP contribution is -2.32. The lowest BCUT2D eigenvalue weighted by atomic mass is 10.2. The molecule has 0 aliphatic heterocycles. The molecule has 1 N–H and O–H groups in total. The summed E-state index contributed by atoms with van der Waals surface area (Å²) in [7, 11) is 5.90. The number of hydrogen-bond acceptors (Lipinski definition) is 5. The standard InChI is InChI=1S/C16H23N5O2/c1-20(2)9-4-5-10-21(3)16(22)18-14-8-6-7-13(11-14)15-19-17-12-23-15/h6-8,11-12H,4-5,9-10H2,1-3H3,(H,18,22). The monoisotopic (exact) mass is 317 g/mol. The summed E-state index contributed by atoms with van der Waals surface area (Å²) in [5.74, 6) is 0.429. The van der Waals surface area contributed by atoms with Crippen LogP contribution in [0.1, 0.15) is 12.8 Å². The van der Waals surface area contributed by atoms with Crippen molar-refractivity contribution in [1.82, 2.24) is 20.0 Å². The Morgan fingerprint density at radius 2 is 2.00 bits per heavy atom. The summed E-state index contributed by atoms with van der Waals surface area (Å²) in [6.45, 7) is 1.75. The number of carbonyl (C=O) groups excluding carboxylic acids is 1. The van der Waals surface area contributed by atoms with E-state index in [0.717, 1.165) is 31.5 Å². The Kier molecular flexibility index (Phi) is 6.10. The molecule has 1 aromatic carbocycles. The summed E-state index contributed by atoms with van der Waals surface area (Å²) >= 11 is 0. The van der Waals surface area contributed by atoms with Crippen molar-refractivity contribution < 1.29 is 9.21 Å². The maximum Gasteiger partial charge on any atom is 0.321 e. The summed E-state index contributed by atoms with van der Waals surface area (Å²) in [6.07, 6.45) is 3.32. The first-order chi connectivity index (χ1) is 11.1. The van der Waals surface area contributed by atoms with Gasteiger partial charge in [0, 0.05) is 24.8 Å². The van der Waals surface area contributed by atoms with Crippen molar-refractivity contribution >= 4 is 11.7 Å². The number of unbranched alkanes of at least 4 members (excludes halogenated alkanes) is 1. The number of aromatic nitrogens is 2. The van der Waals surface area contributed by atoms with Crippen LogP contribution in [-0.2, 0) is 0 Å². The average Bonchev–Trinajstić information content (AvgIpc) is 3.06. The van der Waals surface area contributed by atoms with Gasteiger partial charge in [0.2, 0.25) is 12.3 Å². The van der Waals surface area contributed by atoms with E-state index >= 15 is 0 Å². The first kappa shape index (κ1) is 17.0. The predicted molar refractivity (Wildman–Crippen MR) is 89.2 cm³/mol. The number of urea groups is 1. The van der Waals surface area contributed by atoms with Crippen LogP contribution in [0.4, 0.5) is 10.5 Å². The van der Waals surface area contributed by atoms with Gasteiger partial charge in [-0.05, 0) is 51.7 Å². The van der Waals surface area contributed by atoms with Crippen LogP contribution in [0.5, 0.6) is 0 Å². The number of anilines is 1. The fraction of sp³-hybridized carbons (Fsp3) is 0.438. The highest BCUT2D eigenvalue weighted by molar-refractivity contribution is 5.89. The maximum atomic E-state index is 12.2. The van der Waals surface area contributed by atoms with Crippen LogP contribution in [0, 0.1) is 0 Å². The van der Waals surface area contributed by atoms with Crippen LogP contribution in [0.25, 0.3) is 11.5 Å². The number of rotatable bonds is 7. The van der Waals surface area contributed by atoms with E-state index in [1.807, 2.05) is 38.4 Å². The molecule has 0 fully saturated rings. The molecule has 7 heteroatoms. The number of carbonyl (C=O) groups is 1. The fourth-order valence-corrected chi connectivity index (χ4v) is 2.13. The molecule has 2 aromatic rings. The maximum absolute atomic E-state index is 12.2. The number of nitrogens with zero attached hydrogens (tertiary/aromatic N) is 4. The summed E-state index contributed by atoms with van der Waals surface area (Å²) in [4.78, 5) is 16.0. The first-order valence-electron chi connectivity index (χ1n) is 7.59. The fourth-order valence-electron chi connectivity index (χ4n) is 2.13. The van der Waals surface area contributed by atoms with Gasteiger partial charge in [0.1, 0.15) is 0 Å². The molecule has 0 spiro atoms. The van der Waals surface area contributed by atoms with E-state index in [9.17, 15) is 4.79 Å². The zero-order valence-electron chi connectivity index (χ0n) is 13.8. The van der Waals surface area contributed by atoms with Crippen LogP contribution in [-0.4, -0.2) is 60.3 Å². The van der Waals surface area contributed by atoms with Crippen molar-refractivity contribution in [2.45, 2.75) is 12.8 Å². The van der Waals surface area contributed by atoms with E-state index in [4.69, 9.17) is 4.42 Å². The number of amides is 2. The van der Waals surface area contributed by atoms with E-state index in [1.54, 1.807) is 11.9 Å². The quantitative estimate of drug-likeness (QED) is 0.794. The van der Waals surface area contributed by atoms with Crippen molar-refractivity contribution in [3.8, 4) is 11.5 Å². The van der Waals surface area contributed by atoms with Gasteiger partial charge in [-0.25, -0.2) is 4.79 Å². The van der Waals surface area contributed by atoms with Gasteiger partial charge in [-0.2, -0.15) is 0 Å². The summed E-state index contributed by atoms with van der Waals surface area (Å²) in [5.41, 5.74) is 1.47. The molecule has 23 heavy (non-hydrogen) atoms. The SMILES string of the molecule is CN(C)CCCCN(C)C(=O)Nc1cccc(-c2nnco2)c1. The second kappa shape index (κ2) is 8.28. The van der Waals surface area contributed by atoms with Gasteiger partial charge < -0.3 is 19.5 Å². The van der Waals surface area contributed by atoms with Crippen LogP contribution in [0.2, 0.25) is 0 Å². The molecule has 7 nitrogen and oxygen atoms in total. The second-order valence-corrected chi connectivity index (χ2v) is 5.69. The molecule has 2 rings (SSSR count). The van der Waals surface area contributed by atoms with Crippen LogP contribution < -0.4 is 5.32 Å². The van der Waals surface area contributed by atoms with Crippen molar-refractivity contribution in [1.29, 1.82) is 0 Å². The largest absolute Gasteiger partial charge is 0.423 e. The second-order valence-electron chi connectivity index (χ2n) is 5.69. The molecule has 1 aromatic heterocycles. The highest BCUT2D eigenvalue weighted by Crippen LogP contribution is 2.20. The molecule has 1 heterocycles. The normalized spacial score (nSPS) is 10.8. The van der Waals surface area contributed by atoms with Crippen molar-refractivity contribution in [2.75, 3.05) is 39.5 Å². The number of nitrogens with one attached hydrogen (secondary N) is 1. The summed E-state index contributed by atoms with van der Waals surface area (Å²) < 4.78 is 5.16. The van der Waals surface area contributed by atoms with E-state index in [1.165, 1.54) is 6.39 Å². The van der Waals surface area contributed by atoms with Crippen LogP contribution in [0.3, 0.4) is 0 Å².